The molecular formula is C12H21N3O5. The minimum absolute atomic E-state index is 0.104. The van der Waals surface area contributed by atoms with Crippen molar-refractivity contribution in [2.24, 2.45) is 5.92 Å². The van der Waals surface area contributed by atoms with Crippen molar-refractivity contribution >= 4 is 17.9 Å². The molecule has 1 heterocycles. The summed E-state index contributed by atoms with van der Waals surface area (Å²) >= 11 is 0. The van der Waals surface area contributed by atoms with Gasteiger partial charge >= 0.3 is 12.0 Å². The van der Waals surface area contributed by atoms with E-state index in [1.165, 1.54) is 11.9 Å². The number of morpholine rings is 1. The van der Waals surface area contributed by atoms with Crippen LogP contribution < -0.4 is 10.6 Å². The molecule has 3 N–H and O–H groups in total. The molecule has 8 heteroatoms. The maximum absolute atomic E-state index is 12.2. The Morgan fingerprint density at radius 2 is 2.00 bits per heavy atom. The second-order valence-electron chi connectivity index (χ2n) is 4.91. The van der Waals surface area contributed by atoms with Crippen LogP contribution in [0.4, 0.5) is 4.79 Å². The molecule has 0 aromatic heterocycles. The van der Waals surface area contributed by atoms with Crippen LogP contribution in [0.5, 0.6) is 0 Å². The van der Waals surface area contributed by atoms with E-state index in [0.29, 0.717) is 6.61 Å². The summed E-state index contributed by atoms with van der Waals surface area (Å²) in [6, 6.07) is -2.30. The van der Waals surface area contributed by atoms with Gasteiger partial charge < -0.3 is 25.4 Å². The van der Waals surface area contributed by atoms with Crippen molar-refractivity contribution in [2.45, 2.75) is 25.9 Å². The van der Waals surface area contributed by atoms with Crippen LogP contribution in [0.1, 0.15) is 13.8 Å². The maximum Gasteiger partial charge on any atom is 0.326 e. The van der Waals surface area contributed by atoms with Gasteiger partial charge in [0.1, 0.15) is 12.1 Å². The highest BCUT2D eigenvalue weighted by Crippen LogP contribution is 2.09. The zero-order chi connectivity index (χ0) is 15.3. The standard InChI is InChI=1S/C12H21N3O5/c1-7(2)9(11(17)18)14-12(19)15-4-5-20-6-8(15)10(16)13-3/h7-9H,4-6H2,1-3H3,(H,13,16)(H,14,19)(H,17,18)/t8?,9-/m1/s1. The van der Waals surface area contributed by atoms with Crippen LogP contribution in [0.25, 0.3) is 0 Å². The van der Waals surface area contributed by atoms with Gasteiger partial charge in [0.2, 0.25) is 5.91 Å². The van der Waals surface area contributed by atoms with Crippen LogP contribution in [-0.2, 0) is 14.3 Å². The fourth-order valence-electron chi connectivity index (χ4n) is 1.96. The van der Waals surface area contributed by atoms with Crippen molar-refractivity contribution in [3.63, 3.8) is 0 Å². The summed E-state index contributed by atoms with van der Waals surface area (Å²) in [5.41, 5.74) is 0. The number of urea groups is 1. The number of amides is 3. The number of hydrogen-bond donors (Lipinski definition) is 3. The number of aliphatic carboxylic acids is 1. The number of nitrogens with zero attached hydrogens (tertiary/aromatic N) is 1. The van der Waals surface area contributed by atoms with E-state index >= 15 is 0 Å². The molecule has 0 spiro atoms. The molecule has 1 aliphatic heterocycles. The van der Waals surface area contributed by atoms with E-state index in [1.807, 2.05) is 0 Å². The summed E-state index contributed by atoms with van der Waals surface area (Å²) in [7, 11) is 1.47. The van der Waals surface area contributed by atoms with Gasteiger partial charge in [-0.25, -0.2) is 9.59 Å². The summed E-state index contributed by atoms with van der Waals surface area (Å²) in [6.07, 6.45) is 0. The average molecular weight is 287 g/mol. The fraction of sp³-hybridized carbons (Fsp3) is 0.750. The molecule has 2 atom stereocenters. The van der Waals surface area contributed by atoms with E-state index in [2.05, 4.69) is 10.6 Å². The quantitative estimate of drug-likeness (QED) is 0.630. The van der Waals surface area contributed by atoms with E-state index in [9.17, 15) is 14.4 Å². The molecule has 8 nitrogen and oxygen atoms in total. The van der Waals surface area contributed by atoms with Gasteiger partial charge in [-0.2, -0.15) is 0 Å². The molecule has 1 unspecified atom stereocenters. The van der Waals surface area contributed by atoms with Gasteiger partial charge in [-0.3, -0.25) is 4.79 Å². The van der Waals surface area contributed by atoms with Crippen molar-refractivity contribution in [3.05, 3.63) is 0 Å². The lowest BCUT2D eigenvalue weighted by Gasteiger charge is -2.35. The minimum atomic E-state index is -1.10. The summed E-state index contributed by atoms with van der Waals surface area (Å²) in [5, 5.41) is 14.0. The minimum Gasteiger partial charge on any atom is -0.480 e. The predicted octanol–water partition coefficient (Wildman–Crippen LogP) is -0.748. The Morgan fingerprint density at radius 3 is 2.50 bits per heavy atom. The van der Waals surface area contributed by atoms with Crippen LogP contribution in [0.15, 0.2) is 0 Å². The Labute approximate surface area is 117 Å². The number of rotatable bonds is 4. The van der Waals surface area contributed by atoms with Crippen LogP contribution in [0.2, 0.25) is 0 Å². The van der Waals surface area contributed by atoms with Crippen LogP contribution >= 0.6 is 0 Å². The lowest BCUT2D eigenvalue weighted by molar-refractivity contribution is -0.140. The summed E-state index contributed by atoms with van der Waals surface area (Å²) in [6.45, 7) is 4.07. The molecule has 0 radical (unpaired) electrons. The zero-order valence-electron chi connectivity index (χ0n) is 11.9. The number of carbonyl (C=O) groups is 3. The molecule has 3 amide bonds. The third-order valence-electron chi connectivity index (χ3n) is 3.15. The van der Waals surface area contributed by atoms with Gasteiger partial charge in [0.15, 0.2) is 0 Å². The molecule has 20 heavy (non-hydrogen) atoms. The zero-order valence-corrected chi connectivity index (χ0v) is 11.9. The SMILES string of the molecule is CNC(=O)C1COCCN1C(=O)N[C@@H](C(=O)O)C(C)C. The van der Waals surface area contributed by atoms with E-state index < -0.39 is 24.1 Å². The number of carboxylic acid groups (broad SMARTS) is 1. The van der Waals surface area contributed by atoms with Gasteiger partial charge in [0, 0.05) is 13.6 Å². The molecular weight excluding hydrogens is 266 g/mol. The second-order valence-corrected chi connectivity index (χ2v) is 4.91. The number of ether oxygens (including phenoxy) is 1. The molecule has 1 fully saturated rings. The number of carboxylic acids is 1. The highest BCUT2D eigenvalue weighted by atomic mass is 16.5. The number of hydrogen-bond acceptors (Lipinski definition) is 4. The number of carbonyl (C=O) groups excluding carboxylic acids is 2. The molecule has 1 rings (SSSR count). The van der Waals surface area contributed by atoms with Crippen molar-refractivity contribution in [3.8, 4) is 0 Å². The summed E-state index contributed by atoms with van der Waals surface area (Å²) < 4.78 is 5.19. The molecule has 0 saturated carbocycles. The normalized spacial score (nSPS) is 20.4. The van der Waals surface area contributed by atoms with Crippen molar-refractivity contribution in [2.75, 3.05) is 26.8 Å². The van der Waals surface area contributed by atoms with E-state index in [4.69, 9.17) is 9.84 Å². The Kier molecular flexibility index (Phi) is 5.75. The van der Waals surface area contributed by atoms with Crippen molar-refractivity contribution in [1.82, 2.24) is 15.5 Å². The highest BCUT2D eigenvalue weighted by molar-refractivity contribution is 5.89. The molecule has 114 valence electrons. The fourth-order valence-corrected chi connectivity index (χ4v) is 1.96. The average Bonchev–Trinajstić information content (AvgIpc) is 2.42. The highest BCUT2D eigenvalue weighted by Gasteiger charge is 2.34. The third-order valence-corrected chi connectivity index (χ3v) is 3.15. The Balaban J connectivity index is 2.77. The van der Waals surface area contributed by atoms with Gasteiger partial charge in [-0.15, -0.1) is 0 Å². The Hall–Kier alpha value is -1.83. The lowest BCUT2D eigenvalue weighted by Crippen LogP contribution is -2.60. The summed E-state index contributed by atoms with van der Waals surface area (Å²) in [5.74, 6) is -1.69. The second kappa shape index (κ2) is 7.09. The first-order valence-electron chi connectivity index (χ1n) is 6.47. The van der Waals surface area contributed by atoms with Gasteiger partial charge in [0.25, 0.3) is 0 Å². The Morgan fingerprint density at radius 1 is 1.35 bits per heavy atom. The topological polar surface area (TPSA) is 108 Å². The lowest BCUT2D eigenvalue weighted by atomic mass is 10.1. The molecule has 0 aliphatic carbocycles. The molecule has 0 aromatic rings. The predicted molar refractivity (Wildman–Crippen MR) is 70.2 cm³/mol. The van der Waals surface area contributed by atoms with Gasteiger partial charge in [0.05, 0.1) is 13.2 Å². The first kappa shape index (κ1) is 16.2. The largest absolute Gasteiger partial charge is 0.480 e. The van der Waals surface area contributed by atoms with Crippen molar-refractivity contribution in [1.29, 1.82) is 0 Å². The maximum atomic E-state index is 12.2. The van der Waals surface area contributed by atoms with Crippen LogP contribution in [-0.4, -0.2) is 66.8 Å². The third kappa shape index (κ3) is 3.83. The van der Waals surface area contributed by atoms with Gasteiger partial charge in [-0.05, 0) is 5.92 Å². The van der Waals surface area contributed by atoms with Crippen LogP contribution in [0, 0.1) is 5.92 Å². The molecule has 0 bridgehead atoms. The van der Waals surface area contributed by atoms with Crippen molar-refractivity contribution < 1.29 is 24.2 Å². The first-order chi connectivity index (χ1) is 9.38. The molecule has 0 aromatic carbocycles. The molecule has 1 aliphatic rings. The Bertz CT molecular complexity index is 385. The summed E-state index contributed by atoms with van der Waals surface area (Å²) in [4.78, 5) is 36.3. The monoisotopic (exact) mass is 287 g/mol. The van der Waals surface area contributed by atoms with Gasteiger partial charge in [-0.1, -0.05) is 13.8 Å². The van der Waals surface area contributed by atoms with E-state index in [1.54, 1.807) is 13.8 Å². The number of likely N-dealkylation sites (N-methyl/N-ethyl adjacent to an activating group) is 1. The molecule has 1 saturated heterocycles. The van der Waals surface area contributed by atoms with E-state index in [0.717, 1.165) is 0 Å². The van der Waals surface area contributed by atoms with Crippen LogP contribution in [0.3, 0.4) is 0 Å². The first-order valence-corrected chi connectivity index (χ1v) is 6.47. The number of nitrogens with one attached hydrogen (secondary N) is 2. The van der Waals surface area contributed by atoms with E-state index in [-0.39, 0.29) is 25.0 Å². The smallest absolute Gasteiger partial charge is 0.326 e.